The minimum Gasteiger partial charge on any atom is -0.376 e. The highest BCUT2D eigenvalue weighted by Crippen LogP contribution is 2.21. The first-order valence-electron chi connectivity index (χ1n) is 10.4. The van der Waals surface area contributed by atoms with Gasteiger partial charge in [-0.15, -0.1) is 11.3 Å². The van der Waals surface area contributed by atoms with Crippen molar-refractivity contribution in [2.24, 2.45) is 0 Å². The lowest BCUT2D eigenvalue weighted by molar-refractivity contribution is 0.0858. The van der Waals surface area contributed by atoms with Crippen LogP contribution >= 0.6 is 11.3 Å². The Morgan fingerprint density at radius 3 is 2.48 bits per heavy atom. The summed E-state index contributed by atoms with van der Waals surface area (Å²) in [5.74, 6) is -0.707. The number of para-hydroxylation sites is 1. The van der Waals surface area contributed by atoms with Crippen molar-refractivity contribution < 1.29 is 22.7 Å². The van der Waals surface area contributed by atoms with E-state index in [1.165, 1.54) is 30.3 Å². The molecule has 172 valence electrons. The van der Waals surface area contributed by atoms with E-state index >= 15 is 0 Å². The molecule has 2 amide bonds. The molecule has 0 saturated carbocycles. The van der Waals surface area contributed by atoms with Crippen LogP contribution in [0.2, 0.25) is 0 Å². The smallest absolute Gasteiger partial charge is 0.271 e. The number of carbonyl (C=O) groups excluding carboxylic acids is 2. The number of benzene rings is 2. The van der Waals surface area contributed by atoms with Crippen LogP contribution in [0.15, 0.2) is 70.3 Å². The molecule has 0 unspecified atom stereocenters. The number of amides is 2. The molecule has 4 rings (SSSR count). The second kappa shape index (κ2) is 10.2. The standard InChI is InChI=1S/C23H23N3O5S2/c27-22(16-9-11-17(12-10-16)26-33(29,30)21-8-4-14-32-21)25-20-7-2-1-6-19(20)23(28)24-15-18-5-3-13-31-18/h1-2,4,6-12,14,18,26H,3,5,13,15H2,(H,24,28)(H,25,27)/t18-/m0/s1. The van der Waals surface area contributed by atoms with Gasteiger partial charge in [-0.3, -0.25) is 14.3 Å². The Labute approximate surface area is 196 Å². The van der Waals surface area contributed by atoms with Crippen LogP contribution in [-0.4, -0.2) is 39.5 Å². The third kappa shape index (κ3) is 5.78. The maximum atomic E-state index is 12.7. The van der Waals surface area contributed by atoms with Crippen molar-refractivity contribution >= 4 is 44.5 Å². The van der Waals surface area contributed by atoms with Crippen LogP contribution in [0.5, 0.6) is 0 Å². The van der Waals surface area contributed by atoms with E-state index in [0.717, 1.165) is 24.2 Å². The monoisotopic (exact) mass is 485 g/mol. The van der Waals surface area contributed by atoms with Crippen LogP contribution in [-0.2, 0) is 14.8 Å². The molecule has 3 aromatic rings. The van der Waals surface area contributed by atoms with Crippen molar-refractivity contribution in [2.45, 2.75) is 23.2 Å². The Kier molecular flexibility index (Phi) is 7.07. The topological polar surface area (TPSA) is 114 Å². The van der Waals surface area contributed by atoms with Crippen LogP contribution < -0.4 is 15.4 Å². The van der Waals surface area contributed by atoms with Crippen molar-refractivity contribution in [1.29, 1.82) is 0 Å². The minimum absolute atomic E-state index is 0.0199. The summed E-state index contributed by atoms with van der Waals surface area (Å²) in [4.78, 5) is 25.4. The molecule has 0 aliphatic carbocycles. The quantitative estimate of drug-likeness (QED) is 0.450. The van der Waals surface area contributed by atoms with E-state index in [-0.39, 0.29) is 16.2 Å². The van der Waals surface area contributed by atoms with Gasteiger partial charge in [0.1, 0.15) is 4.21 Å². The van der Waals surface area contributed by atoms with Crippen molar-refractivity contribution in [3.05, 3.63) is 77.2 Å². The Morgan fingerprint density at radius 1 is 1.00 bits per heavy atom. The van der Waals surface area contributed by atoms with Gasteiger partial charge in [0, 0.05) is 24.4 Å². The second-order valence-corrected chi connectivity index (χ2v) is 10.3. The largest absolute Gasteiger partial charge is 0.376 e. The third-order valence-electron chi connectivity index (χ3n) is 5.09. The zero-order valence-electron chi connectivity index (χ0n) is 17.6. The SMILES string of the molecule is O=C(Nc1ccccc1C(=O)NC[C@@H]1CCCO1)c1ccc(NS(=O)(=O)c2cccs2)cc1. The van der Waals surface area contributed by atoms with Gasteiger partial charge in [0.05, 0.1) is 17.4 Å². The number of thiophene rings is 1. The van der Waals surface area contributed by atoms with Gasteiger partial charge in [-0.2, -0.15) is 0 Å². The lowest BCUT2D eigenvalue weighted by Gasteiger charge is -2.14. The molecule has 0 bridgehead atoms. The molecule has 10 heteroatoms. The van der Waals surface area contributed by atoms with Crippen LogP contribution in [0.25, 0.3) is 0 Å². The number of ether oxygens (including phenoxy) is 1. The van der Waals surface area contributed by atoms with E-state index in [1.54, 1.807) is 35.7 Å². The summed E-state index contributed by atoms with van der Waals surface area (Å²) in [6.07, 6.45) is 1.92. The van der Waals surface area contributed by atoms with E-state index in [9.17, 15) is 18.0 Å². The molecular formula is C23H23N3O5S2. The number of sulfonamides is 1. The average Bonchev–Trinajstić information content (AvgIpc) is 3.53. The molecule has 1 aromatic heterocycles. The average molecular weight is 486 g/mol. The van der Waals surface area contributed by atoms with E-state index in [4.69, 9.17) is 4.74 Å². The molecule has 0 radical (unpaired) electrons. The molecule has 1 aliphatic heterocycles. The Bertz CT molecular complexity index is 1220. The molecule has 33 heavy (non-hydrogen) atoms. The summed E-state index contributed by atoms with van der Waals surface area (Å²) < 4.78 is 32.9. The van der Waals surface area contributed by atoms with Gasteiger partial charge in [0.2, 0.25) is 0 Å². The van der Waals surface area contributed by atoms with Crippen molar-refractivity contribution in [3.63, 3.8) is 0 Å². The highest BCUT2D eigenvalue weighted by Gasteiger charge is 2.19. The number of carbonyl (C=O) groups is 2. The fraction of sp³-hybridized carbons (Fsp3) is 0.217. The fourth-order valence-electron chi connectivity index (χ4n) is 3.40. The van der Waals surface area contributed by atoms with E-state index in [2.05, 4.69) is 15.4 Å². The van der Waals surface area contributed by atoms with E-state index in [1.807, 2.05) is 0 Å². The molecule has 2 heterocycles. The fourth-order valence-corrected chi connectivity index (χ4v) is 5.45. The first-order chi connectivity index (χ1) is 15.9. The van der Waals surface area contributed by atoms with E-state index in [0.29, 0.717) is 35.7 Å². The predicted molar refractivity (Wildman–Crippen MR) is 127 cm³/mol. The Hall–Kier alpha value is -3.21. The molecule has 2 aromatic carbocycles. The highest BCUT2D eigenvalue weighted by atomic mass is 32.2. The van der Waals surface area contributed by atoms with Crippen LogP contribution in [0.4, 0.5) is 11.4 Å². The Balaban J connectivity index is 1.40. The zero-order chi connectivity index (χ0) is 23.3. The number of hydrogen-bond acceptors (Lipinski definition) is 6. The van der Waals surface area contributed by atoms with Crippen molar-refractivity contribution in [1.82, 2.24) is 5.32 Å². The van der Waals surface area contributed by atoms with Gasteiger partial charge in [-0.05, 0) is 60.7 Å². The van der Waals surface area contributed by atoms with Gasteiger partial charge in [-0.1, -0.05) is 18.2 Å². The zero-order valence-corrected chi connectivity index (χ0v) is 19.2. The first-order valence-corrected chi connectivity index (χ1v) is 12.8. The van der Waals surface area contributed by atoms with Gasteiger partial charge < -0.3 is 15.4 Å². The van der Waals surface area contributed by atoms with Gasteiger partial charge in [0.15, 0.2) is 0 Å². The third-order valence-corrected chi connectivity index (χ3v) is 7.87. The lowest BCUT2D eigenvalue weighted by Crippen LogP contribution is -2.32. The molecule has 0 spiro atoms. The van der Waals surface area contributed by atoms with Gasteiger partial charge >= 0.3 is 0 Å². The molecule has 1 fully saturated rings. The Morgan fingerprint density at radius 2 is 1.79 bits per heavy atom. The second-order valence-electron chi connectivity index (χ2n) is 7.46. The summed E-state index contributed by atoms with van der Waals surface area (Å²) >= 11 is 1.12. The summed E-state index contributed by atoms with van der Waals surface area (Å²) in [5.41, 5.74) is 1.40. The number of nitrogens with one attached hydrogen (secondary N) is 3. The summed E-state index contributed by atoms with van der Waals surface area (Å²) in [6.45, 7) is 1.13. The summed E-state index contributed by atoms with van der Waals surface area (Å²) in [7, 11) is -3.66. The maximum absolute atomic E-state index is 12.7. The first kappa shape index (κ1) is 23.0. The number of anilines is 2. The normalized spacial score (nSPS) is 15.7. The van der Waals surface area contributed by atoms with Crippen molar-refractivity contribution in [2.75, 3.05) is 23.2 Å². The number of hydrogen-bond donors (Lipinski definition) is 3. The van der Waals surface area contributed by atoms with Crippen LogP contribution in [0.1, 0.15) is 33.6 Å². The van der Waals surface area contributed by atoms with Crippen molar-refractivity contribution in [3.8, 4) is 0 Å². The van der Waals surface area contributed by atoms with Gasteiger partial charge in [0.25, 0.3) is 21.8 Å². The molecule has 3 N–H and O–H groups in total. The molecule has 1 aliphatic rings. The molecule has 8 nitrogen and oxygen atoms in total. The van der Waals surface area contributed by atoms with Crippen LogP contribution in [0.3, 0.4) is 0 Å². The van der Waals surface area contributed by atoms with Crippen LogP contribution in [0, 0.1) is 0 Å². The van der Waals surface area contributed by atoms with Gasteiger partial charge in [-0.25, -0.2) is 8.42 Å². The highest BCUT2D eigenvalue weighted by molar-refractivity contribution is 7.94. The molecule has 1 saturated heterocycles. The summed E-state index contributed by atoms with van der Waals surface area (Å²) in [5, 5.41) is 7.30. The number of rotatable bonds is 8. The minimum atomic E-state index is -3.66. The summed E-state index contributed by atoms with van der Waals surface area (Å²) in [6, 6.07) is 16.0. The molecule has 1 atom stereocenters. The molecular weight excluding hydrogens is 462 g/mol. The lowest BCUT2D eigenvalue weighted by atomic mass is 10.1. The maximum Gasteiger partial charge on any atom is 0.271 e. The predicted octanol–water partition coefficient (Wildman–Crippen LogP) is 3.71. The van der Waals surface area contributed by atoms with E-state index < -0.39 is 15.9 Å².